The van der Waals surface area contributed by atoms with Crippen LogP contribution in [0.15, 0.2) is 53.0 Å². The molecule has 1 saturated heterocycles. The highest BCUT2D eigenvalue weighted by Gasteiger charge is 2.48. The molecule has 0 unspecified atom stereocenters. The predicted molar refractivity (Wildman–Crippen MR) is 161 cm³/mol. The van der Waals surface area contributed by atoms with Crippen molar-refractivity contribution in [2.75, 3.05) is 20.8 Å². The Kier molecular flexibility index (Phi) is 9.17. The lowest BCUT2D eigenvalue weighted by Gasteiger charge is -2.40. The van der Waals surface area contributed by atoms with Crippen LogP contribution in [0.5, 0.6) is 46.0 Å². The number of hydrogen-bond acceptors (Lipinski definition) is 14. The van der Waals surface area contributed by atoms with E-state index < -0.39 is 71.8 Å². The molecule has 5 rings (SSSR count). The van der Waals surface area contributed by atoms with E-state index in [1.54, 1.807) is 0 Å². The van der Waals surface area contributed by atoms with Crippen LogP contribution in [0, 0.1) is 0 Å². The van der Waals surface area contributed by atoms with Gasteiger partial charge in [0, 0.05) is 24.3 Å². The molecular formula is C32H31O15+. The SMILES string of the molecule is COc1cc(C=CC(=O)OC[C@H]2O[C@@H](c3c(O)cc(O)c4cc(O)c(-c5ccc(O)c(O)c5)[o+]c34)[C@H](O)[C@@H](O)[C@@H]2O)cc(OC)c1O. The maximum absolute atomic E-state index is 12.5. The largest absolute Gasteiger partial charge is 0.507 e. The van der Waals surface area contributed by atoms with Gasteiger partial charge in [-0.1, -0.05) is 0 Å². The summed E-state index contributed by atoms with van der Waals surface area (Å²) >= 11 is 0. The van der Waals surface area contributed by atoms with E-state index in [1.165, 1.54) is 38.5 Å². The van der Waals surface area contributed by atoms with Gasteiger partial charge in [-0.3, -0.25) is 0 Å². The number of aliphatic hydroxyl groups is 3. The van der Waals surface area contributed by atoms with Gasteiger partial charge in [0.1, 0.15) is 59.6 Å². The van der Waals surface area contributed by atoms with Crippen LogP contribution in [-0.4, -0.2) is 97.2 Å². The van der Waals surface area contributed by atoms with Crippen LogP contribution in [0.25, 0.3) is 28.4 Å². The van der Waals surface area contributed by atoms with Crippen molar-refractivity contribution >= 4 is 23.0 Å². The summed E-state index contributed by atoms with van der Waals surface area (Å²) in [6.45, 7) is -0.625. The minimum atomic E-state index is -1.88. The molecule has 0 saturated carbocycles. The Morgan fingerprint density at radius 2 is 1.49 bits per heavy atom. The number of esters is 1. The van der Waals surface area contributed by atoms with E-state index in [0.717, 1.165) is 30.3 Å². The number of methoxy groups -OCH3 is 2. The summed E-state index contributed by atoms with van der Waals surface area (Å²) < 4.78 is 27.1. The van der Waals surface area contributed by atoms with Crippen molar-refractivity contribution in [2.24, 2.45) is 0 Å². The second-order valence-corrected chi connectivity index (χ2v) is 10.5. The lowest BCUT2D eigenvalue weighted by molar-refractivity contribution is -0.234. The molecule has 1 aliphatic rings. The van der Waals surface area contributed by atoms with Gasteiger partial charge in [0.15, 0.2) is 23.0 Å². The van der Waals surface area contributed by atoms with Crippen molar-refractivity contribution in [1.29, 1.82) is 0 Å². The molecule has 0 bridgehead atoms. The quantitative estimate of drug-likeness (QED) is 0.0572. The Morgan fingerprint density at radius 3 is 2.13 bits per heavy atom. The summed E-state index contributed by atoms with van der Waals surface area (Å²) in [5.41, 5.74) is -0.121. The van der Waals surface area contributed by atoms with Gasteiger partial charge >= 0.3 is 17.3 Å². The van der Waals surface area contributed by atoms with Gasteiger partial charge in [-0.15, -0.1) is 0 Å². The van der Waals surface area contributed by atoms with E-state index in [9.17, 15) is 50.8 Å². The van der Waals surface area contributed by atoms with E-state index in [2.05, 4.69) is 0 Å². The van der Waals surface area contributed by atoms with E-state index in [-0.39, 0.29) is 45.1 Å². The smallest absolute Gasteiger partial charge is 0.402 e. The third-order valence-corrected chi connectivity index (χ3v) is 7.57. The Morgan fingerprint density at radius 1 is 0.809 bits per heavy atom. The number of aromatic hydroxyl groups is 6. The van der Waals surface area contributed by atoms with E-state index >= 15 is 0 Å². The normalized spacial score (nSPS) is 21.2. The zero-order valence-electron chi connectivity index (χ0n) is 24.8. The minimum absolute atomic E-state index is 0.0797. The molecule has 3 aromatic carbocycles. The fraction of sp³-hybridized carbons (Fsp3) is 0.250. The fourth-order valence-corrected chi connectivity index (χ4v) is 5.13. The molecule has 0 spiro atoms. The van der Waals surface area contributed by atoms with Crippen molar-refractivity contribution in [3.05, 3.63) is 59.7 Å². The number of carbonyl (C=O) groups is 1. The molecule has 248 valence electrons. The fourth-order valence-electron chi connectivity index (χ4n) is 5.13. The van der Waals surface area contributed by atoms with Crippen molar-refractivity contribution in [2.45, 2.75) is 30.5 Å². The predicted octanol–water partition coefficient (Wildman–Crippen LogP) is 2.41. The molecule has 1 fully saturated rings. The van der Waals surface area contributed by atoms with Gasteiger partial charge in [0.05, 0.1) is 19.8 Å². The lowest BCUT2D eigenvalue weighted by Crippen LogP contribution is -2.55. The van der Waals surface area contributed by atoms with Crippen molar-refractivity contribution < 1.29 is 74.1 Å². The molecule has 1 aliphatic heterocycles. The number of rotatable bonds is 8. The number of fused-ring (bicyclic) bond motifs is 1. The first-order valence-corrected chi connectivity index (χ1v) is 13.9. The van der Waals surface area contributed by atoms with Crippen LogP contribution in [0.4, 0.5) is 0 Å². The van der Waals surface area contributed by atoms with Crippen molar-refractivity contribution in [3.8, 4) is 57.3 Å². The Balaban J connectivity index is 1.43. The van der Waals surface area contributed by atoms with Crippen molar-refractivity contribution in [3.63, 3.8) is 0 Å². The molecule has 0 amide bonds. The first kappa shape index (κ1) is 32.9. The maximum Gasteiger partial charge on any atom is 0.402 e. The highest BCUT2D eigenvalue weighted by atomic mass is 16.6. The van der Waals surface area contributed by atoms with Gasteiger partial charge < -0.3 is 64.9 Å². The van der Waals surface area contributed by atoms with E-state index in [4.69, 9.17) is 23.4 Å². The standard InChI is InChI=1S/C32H30O15/c1-43-21-7-13(8-22(44-2)26(21)39)3-6-24(38)45-12-23-27(40)28(41)29(42)32(46-23)25-19(36)11-17(34)15-10-20(37)30(47-31(15)25)14-4-5-16(33)18(35)9-14/h3-11,23,27-29,32,40-42H,12H2,1-2H3,(H5-,33,34,35,36,37,38,39)/p+1/t23-,27-,28+,29-,32+/m1/s1. The molecular weight excluding hydrogens is 624 g/mol. The van der Waals surface area contributed by atoms with E-state index in [0.29, 0.717) is 5.56 Å². The summed E-state index contributed by atoms with van der Waals surface area (Å²) in [5, 5.41) is 93.9. The Bertz CT molecular complexity index is 1830. The number of aliphatic hydroxyl groups excluding tert-OH is 3. The Labute approximate surface area is 265 Å². The molecule has 47 heavy (non-hydrogen) atoms. The molecule has 2 heterocycles. The summed E-state index contributed by atoms with van der Waals surface area (Å²) in [4.78, 5) is 12.5. The summed E-state index contributed by atoms with van der Waals surface area (Å²) in [6, 6.07) is 8.37. The summed E-state index contributed by atoms with van der Waals surface area (Å²) in [6.07, 6.45) is -6.21. The second kappa shape index (κ2) is 13.1. The topological polar surface area (TPSA) is 247 Å². The Hall–Kier alpha value is -5.48. The highest BCUT2D eigenvalue weighted by Crippen LogP contribution is 2.47. The number of ether oxygens (including phenoxy) is 4. The first-order chi connectivity index (χ1) is 22.3. The number of hydrogen-bond donors (Lipinski definition) is 9. The zero-order valence-corrected chi connectivity index (χ0v) is 24.8. The molecule has 9 N–H and O–H groups in total. The molecule has 0 radical (unpaired) electrons. The first-order valence-electron chi connectivity index (χ1n) is 13.9. The highest BCUT2D eigenvalue weighted by molar-refractivity contribution is 5.91. The number of phenolic OH excluding ortho intramolecular Hbond substituents is 5. The molecule has 1 aromatic heterocycles. The van der Waals surface area contributed by atoms with Crippen LogP contribution in [0.3, 0.4) is 0 Å². The molecule has 4 aromatic rings. The molecule has 15 heteroatoms. The monoisotopic (exact) mass is 655 g/mol. The van der Waals surface area contributed by atoms with Gasteiger partial charge in [-0.2, -0.15) is 0 Å². The minimum Gasteiger partial charge on any atom is -0.507 e. The molecule has 15 nitrogen and oxygen atoms in total. The van der Waals surface area contributed by atoms with Gasteiger partial charge in [-0.05, 0) is 35.9 Å². The van der Waals surface area contributed by atoms with E-state index in [1.807, 2.05) is 0 Å². The number of phenols is 5. The van der Waals surface area contributed by atoms with Gasteiger partial charge in [-0.25, -0.2) is 9.21 Å². The third-order valence-electron chi connectivity index (χ3n) is 7.57. The van der Waals surface area contributed by atoms with Crippen LogP contribution in [0.1, 0.15) is 17.2 Å². The number of benzene rings is 3. The summed E-state index contributed by atoms with van der Waals surface area (Å²) in [5.74, 6) is -3.89. The van der Waals surface area contributed by atoms with Crippen molar-refractivity contribution in [1.82, 2.24) is 0 Å². The molecule has 5 atom stereocenters. The van der Waals surface area contributed by atoms with Gasteiger partial charge in [0.25, 0.3) is 0 Å². The average Bonchev–Trinajstić information content (AvgIpc) is 3.04. The zero-order chi connectivity index (χ0) is 34.2. The molecule has 0 aliphatic carbocycles. The van der Waals surface area contributed by atoms with Gasteiger partial charge in [0.2, 0.25) is 11.5 Å². The van der Waals surface area contributed by atoms with Crippen LogP contribution >= 0.6 is 0 Å². The number of carbonyl (C=O) groups excluding carboxylic acids is 1. The summed E-state index contributed by atoms with van der Waals surface area (Å²) in [7, 11) is 2.67. The lowest BCUT2D eigenvalue weighted by atomic mass is 9.89. The second-order valence-electron chi connectivity index (χ2n) is 10.5. The third kappa shape index (κ3) is 6.32. The average molecular weight is 656 g/mol. The van der Waals surface area contributed by atoms with Crippen LogP contribution < -0.4 is 9.47 Å². The van der Waals surface area contributed by atoms with Crippen LogP contribution in [0.2, 0.25) is 0 Å². The maximum atomic E-state index is 12.5. The van der Waals surface area contributed by atoms with Crippen LogP contribution in [-0.2, 0) is 14.3 Å².